The first-order valence-electron chi connectivity index (χ1n) is 8.80. The van der Waals surface area contributed by atoms with Crippen LogP contribution in [-0.4, -0.2) is 40.6 Å². The fourth-order valence-electron chi connectivity index (χ4n) is 3.05. The van der Waals surface area contributed by atoms with Gasteiger partial charge in [-0.25, -0.2) is 4.79 Å². The van der Waals surface area contributed by atoms with E-state index >= 15 is 0 Å². The minimum Gasteiger partial charge on any atom is -0.461 e. The molecule has 6 heteroatoms. The van der Waals surface area contributed by atoms with Gasteiger partial charge in [-0.15, -0.1) is 0 Å². The summed E-state index contributed by atoms with van der Waals surface area (Å²) in [6.45, 7) is 10.5. The second-order valence-electron chi connectivity index (χ2n) is 7.31. The minimum absolute atomic E-state index is 0.0165. The van der Waals surface area contributed by atoms with E-state index in [1.165, 1.54) is 19.1 Å². The summed E-state index contributed by atoms with van der Waals surface area (Å²) in [5, 5.41) is 10.6. The van der Waals surface area contributed by atoms with Crippen LogP contribution in [0.1, 0.15) is 40.5 Å². The van der Waals surface area contributed by atoms with E-state index in [1.54, 1.807) is 19.9 Å². The number of aliphatic hydroxyl groups is 1. The molecule has 1 fully saturated rings. The molecule has 0 aromatic heterocycles. The number of allylic oxidation sites excluding steroid dienone is 2. The van der Waals surface area contributed by atoms with E-state index in [9.17, 15) is 19.5 Å². The van der Waals surface area contributed by atoms with Gasteiger partial charge in [0.2, 0.25) is 0 Å². The van der Waals surface area contributed by atoms with E-state index < -0.39 is 35.7 Å². The molecule has 142 valence electrons. The molecule has 0 unspecified atom stereocenters. The molecule has 0 bridgehead atoms. The van der Waals surface area contributed by atoms with Crippen LogP contribution in [0.25, 0.3) is 0 Å². The molecule has 1 saturated heterocycles. The summed E-state index contributed by atoms with van der Waals surface area (Å²) in [4.78, 5) is 36.5. The maximum atomic E-state index is 12.4. The number of ether oxygens (including phenoxy) is 2. The van der Waals surface area contributed by atoms with Gasteiger partial charge >= 0.3 is 11.9 Å². The van der Waals surface area contributed by atoms with E-state index in [2.05, 4.69) is 6.58 Å². The number of rotatable bonds is 3. The summed E-state index contributed by atoms with van der Waals surface area (Å²) in [7, 11) is 0. The van der Waals surface area contributed by atoms with Crippen molar-refractivity contribution in [2.45, 2.75) is 58.3 Å². The highest BCUT2D eigenvalue weighted by atomic mass is 16.6. The lowest BCUT2D eigenvalue weighted by molar-refractivity contribution is -0.159. The van der Waals surface area contributed by atoms with Gasteiger partial charge in [0.25, 0.3) is 0 Å². The summed E-state index contributed by atoms with van der Waals surface area (Å²) in [6.07, 6.45) is 3.27. The van der Waals surface area contributed by atoms with Crippen molar-refractivity contribution in [2.75, 3.05) is 0 Å². The Labute approximate surface area is 153 Å². The van der Waals surface area contributed by atoms with Crippen molar-refractivity contribution in [2.24, 2.45) is 11.8 Å². The zero-order chi connectivity index (χ0) is 19.6. The number of esters is 2. The zero-order valence-corrected chi connectivity index (χ0v) is 15.7. The van der Waals surface area contributed by atoms with Gasteiger partial charge in [-0.05, 0) is 44.1 Å². The summed E-state index contributed by atoms with van der Waals surface area (Å²) in [6, 6.07) is 0. The number of fused-ring (bicyclic) bond motifs is 1. The van der Waals surface area contributed by atoms with E-state index in [-0.39, 0.29) is 23.7 Å². The van der Waals surface area contributed by atoms with Crippen LogP contribution < -0.4 is 0 Å². The Kier molecular flexibility index (Phi) is 5.86. The Morgan fingerprint density at radius 1 is 1.50 bits per heavy atom. The van der Waals surface area contributed by atoms with Gasteiger partial charge < -0.3 is 14.6 Å². The lowest BCUT2D eigenvalue weighted by Crippen LogP contribution is -2.40. The fourth-order valence-corrected chi connectivity index (χ4v) is 3.05. The third-order valence-corrected chi connectivity index (χ3v) is 4.96. The van der Waals surface area contributed by atoms with E-state index in [1.807, 2.05) is 6.92 Å². The SMILES string of the molecule is C=C1C(=O)O[C@H]2/C=C(/C)C(=O)/C=C/[C@](C)(O)C[C@@H](OC(=O)[C@@H](C)CC)[C@@H]12. The molecule has 1 aliphatic heterocycles. The maximum absolute atomic E-state index is 12.4. The van der Waals surface area contributed by atoms with E-state index in [4.69, 9.17) is 9.47 Å². The highest BCUT2D eigenvalue weighted by Gasteiger charge is 2.46. The first kappa shape index (κ1) is 20.1. The molecule has 0 radical (unpaired) electrons. The van der Waals surface area contributed by atoms with Crippen LogP contribution in [0.4, 0.5) is 0 Å². The van der Waals surface area contributed by atoms with Crippen molar-refractivity contribution < 1.29 is 29.0 Å². The summed E-state index contributed by atoms with van der Waals surface area (Å²) in [5.74, 6) is -2.25. The molecule has 0 amide bonds. The minimum atomic E-state index is -1.40. The molecule has 6 nitrogen and oxygen atoms in total. The predicted octanol–water partition coefficient (Wildman–Crippen LogP) is 2.27. The van der Waals surface area contributed by atoms with Gasteiger partial charge in [0.15, 0.2) is 5.78 Å². The van der Waals surface area contributed by atoms with Crippen LogP contribution in [-0.2, 0) is 23.9 Å². The Hall–Kier alpha value is -2.21. The van der Waals surface area contributed by atoms with Crippen molar-refractivity contribution >= 4 is 17.7 Å². The summed E-state index contributed by atoms with van der Waals surface area (Å²) in [5.41, 5.74) is -0.846. The second kappa shape index (κ2) is 7.58. The fraction of sp³-hybridized carbons (Fsp3) is 0.550. The van der Waals surface area contributed by atoms with E-state index in [0.29, 0.717) is 12.0 Å². The quantitative estimate of drug-likeness (QED) is 0.612. The Morgan fingerprint density at radius 2 is 2.15 bits per heavy atom. The Morgan fingerprint density at radius 3 is 2.77 bits per heavy atom. The number of carbonyl (C=O) groups is 3. The van der Waals surface area contributed by atoms with Gasteiger partial charge in [-0.3, -0.25) is 9.59 Å². The summed E-state index contributed by atoms with van der Waals surface area (Å²) >= 11 is 0. The number of ketones is 1. The van der Waals surface area contributed by atoms with E-state index in [0.717, 1.165) is 0 Å². The number of carbonyl (C=O) groups excluding carboxylic acids is 3. The van der Waals surface area contributed by atoms with Crippen LogP contribution in [0.15, 0.2) is 36.0 Å². The lowest BCUT2D eigenvalue weighted by Gasteiger charge is -2.32. The van der Waals surface area contributed by atoms with Gasteiger partial charge in [-0.1, -0.05) is 20.4 Å². The maximum Gasteiger partial charge on any atom is 0.334 e. The van der Waals surface area contributed by atoms with Gasteiger partial charge in [-0.2, -0.15) is 0 Å². The normalized spacial score (nSPS) is 36.4. The molecule has 0 saturated carbocycles. The highest BCUT2D eigenvalue weighted by Crippen LogP contribution is 2.37. The summed E-state index contributed by atoms with van der Waals surface area (Å²) < 4.78 is 11.0. The van der Waals surface area contributed by atoms with Crippen molar-refractivity contribution in [3.8, 4) is 0 Å². The van der Waals surface area contributed by atoms with Crippen LogP contribution >= 0.6 is 0 Å². The topological polar surface area (TPSA) is 89.9 Å². The molecule has 1 heterocycles. The highest BCUT2D eigenvalue weighted by molar-refractivity contribution is 6.03. The molecule has 1 aliphatic carbocycles. The lowest BCUT2D eigenvalue weighted by atomic mass is 9.82. The largest absolute Gasteiger partial charge is 0.461 e. The van der Waals surface area contributed by atoms with Gasteiger partial charge in [0.05, 0.1) is 17.4 Å². The molecule has 5 atom stereocenters. The van der Waals surface area contributed by atoms with Gasteiger partial charge in [0.1, 0.15) is 12.2 Å². The standard InChI is InChI=1S/C20H26O6/c1-6-11(2)18(22)26-16-10-20(5,24)8-7-14(21)12(3)9-15-17(16)13(4)19(23)25-15/h7-9,11,15-17,24H,4,6,10H2,1-3,5H3/b8-7+,12-9-/t11-,15-,16+,17-,20-/m0/s1. The molecule has 2 aliphatic rings. The molecule has 1 N–H and O–H groups in total. The monoisotopic (exact) mass is 362 g/mol. The van der Waals surface area contributed by atoms with Crippen LogP contribution in [0, 0.1) is 11.8 Å². The van der Waals surface area contributed by atoms with Crippen LogP contribution in [0.3, 0.4) is 0 Å². The second-order valence-corrected chi connectivity index (χ2v) is 7.31. The number of hydrogen-bond acceptors (Lipinski definition) is 6. The predicted molar refractivity (Wildman–Crippen MR) is 95.0 cm³/mol. The molecule has 26 heavy (non-hydrogen) atoms. The van der Waals surface area contributed by atoms with Crippen molar-refractivity contribution in [3.63, 3.8) is 0 Å². The van der Waals surface area contributed by atoms with Crippen LogP contribution in [0.2, 0.25) is 0 Å². The zero-order valence-electron chi connectivity index (χ0n) is 15.7. The smallest absolute Gasteiger partial charge is 0.334 e. The molecule has 2 rings (SSSR count). The third-order valence-electron chi connectivity index (χ3n) is 4.96. The molecular weight excluding hydrogens is 336 g/mol. The molecule has 0 spiro atoms. The van der Waals surface area contributed by atoms with Crippen LogP contribution in [0.5, 0.6) is 0 Å². The van der Waals surface area contributed by atoms with Gasteiger partial charge in [0, 0.05) is 12.0 Å². The first-order valence-corrected chi connectivity index (χ1v) is 8.80. The van der Waals surface area contributed by atoms with Crippen molar-refractivity contribution in [1.82, 2.24) is 0 Å². The average Bonchev–Trinajstić information content (AvgIpc) is 2.84. The molecule has 0 aromatic carbocycles. The Balaban J connectivity index is 2.46. The molecular formula is C20H26O6. The molecule has 0 aromatic rings. The van der Waals surface area contributed by atoms with Crippen molar-refractivity contribution in [3.05, 3.63) is 36.0 Å². The number of hydrogen-bond donors (Lipinski definition) is 1. The third kappa shape index (κ3) is 4.30. The van der Waals surface area contributed by atoms with Crippen molar-refractivity contribution in [1.29, 1.82) is 0 Å². The Bertz CT molecular complexity index is 684. The average molecular weight is 362 g/mol. The first-order chi connectivity index (χ1) is 12.1.